The van der Waals surface area contributed by atoms with E-state index >= 15 is 0 Å². The van der Waals surface area contributed by atoms with Crippen molar-refractivity contribution in [3.8, 4) is 0 Å². The number of hydrogen-bond acceptors (Lipinski definition) is 6. The molecule has 39 heavy (non-hydrogen) atoms. The Morgan fingerprint density at radius 3 is 1.69 bits per heavy atom. The predicted octanol–water partition coefficient (Wildman–Crippen LogP) is 4.62. The van der Waals surface area contributed by atoms with E-state index in [1.165, 1.54) is 19.4 Å². The number of halogens is 1. The van der Waals surface area contributed by atoms with Crippen molar-refractivity contribution < 1.29 is 9.59 Å². The average Bonchev–Trinajstić information content (AvgIpc) is 2.96. The van der Waals surface area contributed by atoms with Gasteiger partial charge in [0, 0.05) is 71.6 Å². The molecule has 0 bridgehead atoms. The SMILES string of the molecule is CC(=O)NCc1ccc(C(C)Cl)cc1.CC(=O)NCc1ccc(C(C)N2CCN(c3ncccn3)CC2)cc1. The van der Waals surface area contributed by atoms with Crippen molar-refractivity contribution in [2.75, 3.05) is 31.1 Å². The van der Waals surface area contributed by atoms with Gasteiger partial charge >= 0.3 is 0 Å². The highest BCUT2D eigenvalue weighted by atomic mass is 35.5. The second-order valence-electron chi connectivity index (χ2n) is 9.67. The summed E-state index contributed by atoms with van der Waals surface area (Å²) in [6, 6.07) is 18.6. The summed E-state index contributed by atoms with van der Waals surface area (Å²) in [5.74, 6) is 0.801. The zero-order valence-electron chi connectivity index (χ0n) is 23.2. The number of amides is 2. The third kappa shape index (κ3) is 9.96. The van der Waals surface area contributed by atoms with E-state index in [0.717, 1.165) is 48.8 Å². The smallest absolute Gasteiger partial charge is 0.225 e. The first-order valence-electron chi connectivity index (χ1n) is 13.3. The zero-order chi connectivity index (χ0) is 28.2. The lowest BCUT2D eigenvalue weighted by Crippen LogP contribution is -2.47. The normalized spacial score (nSPS) is 14.9. The minimum atomic E-state index is -0.0141. The molecule has 0 saturated carbocycles. The second-order valence-corrected chi connectivity index (χ2v) is 10.3. The van der Waals surface area contributed by atoms with E-state index in [0.29, 0.717) is 19.1 Å². The largest absolute Gasteiger partial charge is 0.352 e. The molecule has 0 radical (unpaired) electrons. The maximum atomic E-state index is 11.0. The van der Waals surface area contributed by atoms with Crippen LogP contribution in [0, 0.1) is 0 Å². The maximum absolute atomic E-state index is 11.0. The first-order chi connectivity index (χ1) is 18.7. The number of carbonyl (C=O) groups excluding carboxylic acids is 2. The van der Waals surface area contributed by atoms with Crippen LogP contribution < -0.4 is 15.5 Å². The van der Waals surface area contributed by atoms with Crippen molar-refractivity contribution in [2.45, 2.75) is 52.2 Å². The van der Waals surface area contributed by atoms with Gasteiger partial charge in [0.15, 0.2) is 0 Å². The van der Waals surface area contributed by atoms with Gasteiger partial charge in [-0.15, -0.1) is 11.6 Å². The Labute approximate surface area is 236 Å². The first-order valence-corrected chi connectivity index (χ1v) is 13.7. The molecule has 2 atom stereocenters. The molecule has 1 aliphatic heterocycles. The number of rotatable bonds is 8. The van der Waals surface area contributed by atoms with Gasteiger partial charge in [0.05, 0.1) is 5.38 Å². The Morgan fingerprint density at radius 2 is 1.26 bits per heavy atom. The molecule has 3 aromatic rings. The van der Waals surface area contributed by atoms with E-state index in [2.05, 4.69) is 61.6 Å². The van der Waals surface area contributed by atoms with Gasteiger partial charge in [0.2, 0.25) is 17.8 Å². The summed E-state index contributed by atoms with van der Waals surface area (Å²) in [6.45, 7) is 12.3. The number of hydrogen-bond donors (Lipinski definition) is 2. The molecule has 2 N–H and O–H groups in total. The van der Waals surface area contributed by atoms with Crippen LogP contribution in [0.1, 0.15) is 61.4 Å². The maximum Gasteiger partial charge on any atom is 0.225 e. The Kier molecular flexibility index (Phi) is 11.7. The van der Waals surface area contributed by atoms with E-state index in [1.807, 2.05) is 37.3 Å². The van der Waals surface area contributed by atoms with Gasteiger partial charge in [-0.05, 0) is 42.2 Å². The van der Waals surface area contributed by atoms with Crippen LogP contribution in [0.2, 0.25) is 0 Å². The fraction of sp³-hybridized carbons (Fsp3) is 0.400. The Morgan fingerprint density at radius 1 is 0.795 bits per heavy atom. The predicted molar refractivity (Wildman–Crippen MR) is 156 cm³/mol. The molecule has 2 aromatic carbocycles. The van der Waals surface area contributed by atoms with Gasteiger partial charge < -0.3 is 15.5 Å². The Hall–Kier alpha value is -3.49. The highest BCUT2D eigenvalue weighted by Crippen LogP contribution is 2.23. The third-order valence-electron chi connectivity index (χ3n) is 6.68. The minimum Gasteiger partial charge on any atom is -0.352 e. The average molecular weight is 551 g/mol. The van der Waals surface area contributed by atoms with Crippen molar-refractivity contribution >= 4 is 29.4 Å². The number of nitrogens with zero attached hydrogens (tertiary/aromatic N) is 4. The first kappa shape index (κ1) is 30.1. The van der Waals surface area contributed by atoms with Crippen molar-refractivity contribution in [3.05, 3.63) is 89.2 Å². The summed E-state index contributed by atoms with van der Waals surface area (Å²) in [7, 11) is 0. The summed E-state index contributed by atoms with van der Waals surface area (Å²) >= 11 is 5.91. The van der Waals surface area contributed by atoms with E-state index in [9.17, 15) is 9.59 Å². The molecule has 4 rings (SSSR count). The number of nitrogens with one attached hydrogen (secondary N) is 2. The van der Waals surface area contributed by atoms with Crippen LogP contribution in [-0.2, 0) is 22.7 Å². The fourth-order valence-corrected chi connectivity index (χ4v) is 4.39. The van der Waals surface area contributed by atoms with Crippen LogP contribution >= 0.6 is 11.6 Å². The molecule has 1 saturated heterocycles. The van der Waals surface area contributed by atoms with Gasteiger partial charge in [-0.3, -0.25) is 14.5 Å². The molecule has 9 heteroatoms. The summed E-state index contributed by atoms with van der Waals surface area (Å²) in [6.07, 6.45) is 3.58. The molecule has 1 fully saturated rings. The highest BCUT2D eigenvalue weighted by molar-refractivity contribution is 6.20. The number of piperazine rings is 1. The monoisotopic (exact) mass is 550 g/mol. The number of aromatic nitrogens is 2. The highest BCUT2D eigenvalue weighted by Gasteiger charge is 2.23. The number of carbonyl (C=O) groups is 2. The molecule has 2 heterocycles. The summed E-state index contributed by atoms with van der Waals surface area (Å²) in [5.41, 5.74) is 4.60. The standard InChI is InChI=1S/C19H25N5O.C11H14ClNO/c1-15(18-6-4-17(5-7-18)14-22-16(2)25)23-10-12-24(13-11-23)19-20-8-3-9-21-19;1-8(12)11-5-3-10(4-6-11)7-13-9(2)14/h3-9,15H,10-14H2,1-2H3,(H,22,25);3-6,8H,7H2,1-2H3,(H,13,14). The van der Waals surface area contributed by atoms with E-state index in [-0.39, 0.29) is 17.2 Å². The lowest BCUT2D eigenvalue weighted by molar-refractivity contribution is -0.120. The zero-order valence-corrected chi connectivity index (χ0v) is 24.0. The topological polar surface area (TPSA) is 90.5 Å². The summed E-state index contributed by atoms with van der Waals surface area (Å²) in [5, 5.41) is 5.60. The molecule has 0 spiro atoms. The van der Waals surface area contributed by atoms with Crippen LogP contribution in [-0.4, -0.2) is 52.9 Å². The molecule has 208 valence electrons. The second kappa shape index (κ2) is 15.2. The minimum absolute atomic E-state index is 0.00212. The fourth-order valence-electron chi connectivity index (χ4n) is 4.24. The molecule has 1 aromatic heterocycles. The Bertz CT molecular complexity index is 1160. The van der Waals surface area contributed by atoms with Crippen LogP contribution in [0.4, 0.5) is 5.95 Å². The van der Waals surface area contributed by atoms with Crippen molar-refractivity contribution in [2.24, 2.45) is 0 Å². The Balaban J connectivity index is 0.000000255. The van der Waals surface area contributed by atoms with Gasteiger partial charge in [0.25, 0.3) is 0 Å². The van der Waals surface area contributed by atoms with Crippen LogP contribution in [0.15, 0.2) is 67.0 Å². The third-order valence-corrected chi connectivity index (χ3v) is 6.93. The van der Waals surface area contributed by atoms with E-state index < -0.39 is 0 Å². The van der Waals surface area contributed by atoms with Crippen molar-refractivity contribution in [1.29, 1.82) is 0 Å². The van der Waals surface area contributed by atoms with Gasteiger partial charge in [-0.25, -0.2) is 9.97 Å². The lowest BCUT2D eigenvalue weighted by Gasteiger charge is -2.38. The van der Waals surface area contributed by atoms with Gasteiger partial charge in [0.1, 0.15) is 0 Å². The summed E-state index contributed by atoms with van der Waals surface area (Å²) < 4.78 is 0. The molecular formula is C30H39ClN6O2. The number of benzene rings is 2. The van der Waals surface area contributed by atoms with Crippen molar-refractivity contribution in [1.82, 2.24) is 25.5 Å². The number of anilines is 1. The van der Waals surface area contributed by atoms with Crippen molar-refractivity contribution in [3.63, 3.8) is 0 Å². The van der Waals surface area contributed by atoms with Crippen LogP contribution in [0.25, 0.3) is 0 Å². The van der Waals surface area contributed by atoms with Crippen LogP contribution in [0.5, 0.6) is 0 Å². The summed E-state index contributed by atoms with van der Waals surface area (Å²) in [4.78, 5) is 35.1. The molecule has 2 amide bonds. The van der Waals surface area contributed by atoms with E-state index in [1.54, 1.807) is 12.4 Å². The molecule has 0 aliphatic carbocycles. The van der Waals surface area contributed by atoms with E-state index in [4.69, 9.17) is 11.6 Å². The molecular weight excluding hydrogens is 512 g/mol. The van der Waals surface area contributed by atoms with Gasteiger partial charge in [-0.1, -0.05) is 48.5 Å². The lowest BCUT2D eigenvalue weighted by atomic mass is 10.0. The van der Waals surface area contributed by atoms with Crippen LogP contribution in [0.3, 0.4) is 0 Å². The molecule has 8 nitrogen and oxygen atoms in total. The quantitative estimate of drug-likeness (QED) is 0.398. The van der Waals surface area contributed by atoms with Gasteiger partial charge in [-0.2, -0.15) is 0 Å². The number of alkyl halides is 1. The molecule has 2 unspecified atom stereocenters. The molecule has 1 aliphatic rings.